The van der Waals surface area contributed by atoms with Gasteiger partial charge in [-0.2, -0.15) is 5.26 Å². The van der Waals surface area contributed by atoms with Crippen LogP contribution in [0.4, 0.5) is 0 Å². The minimum absolute atomic E-state index is 0.0637. The van der Waals surface area contributed by atoms with Crippen LogP contribution in [0.25, 0.3) is 0 Å². The van der Waals surface area contributed by atoms with E-state index in [2.05, 4.69) is 4.98 Å². The van der Waals surface area contributed by atoms with Crippen LogP contribution in [0, 0.1) is 11.3 Å². The van der Waals surface area contributed by atoms with E-state index < -0.39 is 5.97 Å². The first-order valence-electron chi connectivity index (χ1n) is 6.04. The minimum atomic E-state index is -1.11. The van der Waals surface area contributed by atoms with Crippen LogP contribution >= 0.6 is 11.8 Å². The lowest BCUT2D eigenvalue weighted by molar-refractivity contribution is 0.0689. The molecule has 0 aliphatic carbocycles. The second kappa shape index (κ2) is 6.77. The van der Waals surface area contributed by atoms with Gasteiger partial charge in [0.05, 0.1) is 12.7 Å². The standard InChI is InChI=1S/C15H12N2O3S/c1-20-12-5-2-10(3-6-12)9-21-14-11(8-16)4-7-13(17-14)15(18)19/h2-7H,9H2,1H3,(H,18,19). The molecule has 106 valence electrons. The van der Waals surface area contributed by atoms with Gasteiger partial charge in [0.15, 0.2) is 0 Å². The van der Waals surface area contributed by atoms with Gasteiger partial charge < -0.3 is 9.84 Å². The maximum absolute atomic E-state index is 10.9. The highest BCUT2D eigenvalue weighted by Crippen LogP contribution is 2.25. The van der Waals surface area contributed by atoms with Crippen LogP contribution in [-0.2, 0) is 5.75 Å². The summed E-state index contributed by atoms with van der Waals surface area (Å²) in [4.78, 5) is 14.9. The van der Waals surface area contributed by atoms with Gasteiger partial charge in [0.1, 0.15) is 22.5 Å². The molecule has 2 aromatic rings. The van der Waals surface area contributed by atoms with Crippen LogP contribution in [0.3, 0.4) is 0 Å². The van der Waals surface area contributed by atoms with Crippen molar-refractivity contribution in [2.45, 2.75) is 10.8 Å². The third-order valence-corrected chi connectivity index (χ3v) is 3.80. The van der Waals surface area contributed by atoms with Gasteiger partial charge >= 0.3 is 5.97 Å². The Bertz CT molecular complexity index is 693. The first kappa shape index (κ1) is 14.9. The van der Waals surface area contributed by atoms with Gasteiger partial charge in [0.25, 0.3) is 0 Å². The number of rotatable bonds is 5. The number of hydrogen-bond acceptors (Lipinski definition) is 5. The first-order valence-corrected chi connectivity index (χ1v) is 7.02. The molecule has 0 amide bonds. The number of nitriles is 1. The first-order chi connectivity index (χ1) is 10.1. The van der Waals surface area contributed by atoms with Gasteiger partial charge in [-0.25, -0.2) is 9.78 Å². The number of carbonyl (C=O) groups is 1. The number of pyridine rings is 1. The molecular formula is C15H12N2O3S. The zero-order chi connectivity index (χ0) is 15.2. The second-order valence-corrected chi connectivity index (χ2v) is 5.07. The van der Waals surface area contributed by atoms with Gasteiger partial charge in [-0.05, 0) is 29.8 Å². The van der Waals surface area contributed by atoms with Crippen molar-refractivity contribution in [3.05, 3.63) is 53.2 Å². The van der Waals surface area contributed by atoms with E-state index in [0.717, 1.165) is 11.3 Å². The van der Waals surface area contributed by atoms with Crippen molar-refractivity contribution in [2.75, 3.05) is 7.11 Å². The van der Waals surface area contributed by atoms with Crippen LogP contribution < -0.4 is 4.74 Å². The molecule has 0 bridgehead atoms. The van der Waals surface area contributed by atoms with Gasteiger partial charge in [-0.15, -0.1) is 11.8 Å². The van der Waals surface area contributed by atoms with Crippen molar-refractivity contribution in [3.63, 3.8) is 0 Å². The summed E-state index contributed by atoms with van der Waals surface area (Å²) in [5, 5.41) is 18.4. The minimum Gasteiger partial charge on any atom is -0.497 e. The summed E-state index contributed by atoms with van der Waals surface area (Å²) in [5.41, 5.74) is 1.34. The summed E-state index contributed by atoms with van der Waals surface area (Å²) in [6.07, 6.45) is 0. The third kappa shape index (κ3) is 3.74. The Morgan fingerprint density at radius 2 is 2.05 bits per heavy atom. The molecule has 21 heavy (non-hydrogen) atoms. The number of aromatic carboxylic acids is 1. The molecule has 1 heterocycles. The molecule has 1 aromatic carbocycles. The molecule has 1 N–H and O–H groups in total. The number of thioether (sulfide) groups is 1. The lowest BCUT2D eigenvalue weighted by Crippen LogP contribution is -2.02. The maximum atomic E-state index is 10.9. The van der Waals surface area contributed by atoms with E-state index in [4.69, 9.17) is 15.1 Å². The molecule has 0 radical (unpaired) electrons. The number of aromatic nitrogens is 1. The molecule has 0 fully saturated rings. The van der Waals surface area contributed by atoms with E-state index in [1.165, 1.54) is 23.9 Å². The molecule has 0 spiro atoms. The van der Waals surface area contributed by atoms with E-state index in [-0.39, 0.29) is 5.69 Å². The predicted molar refractivity (Wildman–Crippen MR) is 78.5 cm³/mol. The van der Waals surface area contributed by atoms with Crippen LogP contribution in [-0.4, -0.2) is 23.2 Å². The number of hydrogen-bond donors (Lipinski definition) is 1. The quantitative estimate of drug-likeness (QED) is 0.855. The van der Waals surface area contributed by atoms with Crippen molar-refractivity contribution in [2.24, 2.45) is 0 Å². The number of methoxy groups -OCH3 is 1. The number of carboxylic acids is 1. The number of carboxylic acid groups (broad SMARTS) is 1. The third-order valence-electron chi connectivity index (χ3n) is 2.73. The van der Waals surface area contributed by atoms with Gasteiger partial charge in [-0.3, -0.25) is 0 Å². The van der Waals surface area contributed by atoms with Gasteiger partial charge in [0.2, 0.25) is 0 Å². The molecule has 0 aliphatic heterocycles. The van der Waals surface area contributed by atoms with E-state index in [1.54, 1.807) is 7.11 Å². The summed E-state index contributed by atoms with van der Waals surface area (Å²) in [7, 11) is 1.60. The fourth-order valence-electron chi connectivity index (χ4n) is 1.63. The van der Waals surface area contributed by atoms with Gasteiger partial charge in [0, 0.05) is 5.75 Å². The largest absolute Gasteiger partial charge is 0.497 e. The highest BCUT2D eigenvalue weighted by atomic mass is 32.2. The Kier molecular flexibility index (Phi) is 4.80. The zero-order valence-electron chi connectivity index (χ0n) is 11.2. The summed E-state index contributed by atoms with van der Waals surface area (Å²) in [6, 6.07) is 12.4. The number of ether oxygens (including phenoxy) is 1. The molecule has 2 rings (SSSR count). The van der Waals surface area contributed by atoms with Crippen molar-refractivity contribution in [1.29, 1.82) is 5.26 Å². The van der Waals surface area contributed by atoms with Gasteiger partial charge in [-0.1, -0.05) is 12.1 Å². The molecule has 0 atom stereocenters. The van der Waals surface area contributed by atoms with E-state index in [0.29, 0.717) is 16.3 Å². The van der Waals surface area contributed by atoms with Crippen LogP contribution in [0.1, 0.15) is 21.6 Å². The Balaban J connectivity index is 2.16. The average Bonchev–Trinajstić information content (AvgIpc) is 2.53. The second-order valence-electron chi connectivity index (χ2n) is 4.10. The Hall–Kier alpha value is -2.52. The monoisotopic (exact) mass is 300 g/mol. The Morgan fingerprint density at radius 1 is 1.33 bits per heavy atom. The molecule has 1 aromatic heterocycles. The normalized spacial score (nSPS) is 9.90. The summed E-state index contributed by atoms with van der Waals surface area (Å²) >= 11 is 1.33. The molecule has 0 unspecified atom stereocenters. The highest BCUT2D eigenvalue weighted by Gasteiger charge is 2.11. The maximum Gasteiger partial charge on any atom is 0.354 e. The summed E-state index contributed by atoms with van der Waals surface area (Å²) in [5.74, 6) is 0.257. The van der Waals surface area contributed by atoms with E-state index in [9.17, 15) is 4.79 Å². The summed E-state index contributed by atoms with van der Waals surface area (Å²) < 4.78 is 5.08. The fourth-order valence-corrected chi connectivity index (χ4v) is 2.56. The lowest BCUT2D eigenvalue weighted by Gasteiger charge is -2.05. The Labute approximate surface area is 126 Å². The van der Waals surface area contributed by atoms with E-state index >= 15 is 0 Å². The van der Waals surface area contributed by atoms with Crippen molar-refractivity contribution in [3.8, 4) is 11.8 Å². The molecule has 0 aliphatic rings. The number of benzene rings is 1. The molecule has 6 heteroatoms. The van der Waals surface area contributed by atoms with Crippen molar-refractivity contribution < 1.29 is 14.6 Å². The van der Waals surface area contributed by atoms with Crippen molar-refractivity contribution >= 4 is 17.7 Å². The number of nitrogens with zero attached hydrogens (tertiary/aromatic N) is 2. The SMILES string of the molecule is COc1ccc(CSc2nc(C(=O)O)ccc2C#N)cc1. The van der Waals surface area contributed by atoms with Crippen LogP contribution in [0.2, 0.25) is 0 Å². The molecule has 0 saturated heterocycles. The smallest absolute Gasteiger partial charge is 0.354 e. The zero-order valence-corrected chi connectivity index (χ0v) is 12.1. The van der Waals surface area contributed by atoms with E-state index in [1.807, 2.05) is 30.3 Å². The van der Waals surface area contributed by atoms with Crippen LogP contribution in [0.5, 0.6) is 5.75 Å². The molecule has 0 saturated carbocycles. The average molecular weight is 300 g/mol. The molecular weight excluding hydrogens is 288 g/mol. The van der Waals surface area contributed by atoms with Crippen LogP contribution in [0.15, 0.2) is 41.4 Å². The topological polar surface area (TPSA) is 83.2 Å². The summed E-state index contributed by atoms with van der Waals surface area (Å²) in [6.45, 7) is 0. The fraction of sp³-hybridized carbons (Fsp3) is 0.133. The predicted octanol–water partition coefficient (Wildman–Crippen LogP) is 2.95. The van der Waals surface area contributed by atoms with Crippen molar-refractivity contribution in [1.82, 2.24) is 4.98 Å². The lowest BCUT2D eigenvalue weighted by atomic mass is 10.2. The Morgan fingerprint density at radius 3 is 2.62 bits per heavy atom. The molecule has 5 nitrogen and oxygen atoms in total. The highest BCUT2D eigenvalue weighted by molar-refractivity contribution is 7.98.